The molecule has 3 aromatic rings. The number of nitrogens with zero attached hydrogens (tertiary/aromatic N) is 5. The van der Waals surface area contributed by atoms with Gasteiger partial charge < -0.3 is 10.2 Å². The lowest BCUT2D eigenvalue weighted by atomic mass is 9.99. The van der Waals surface area contributed by atoms with Crippen LogP contribution < -0.4 is 10.2 Å². The number of nitrogens with one attached hydrogen (secondary N) is 1. The molecule has 1 N–H and O–H groups in total. The van der Waals surface area contributed by atoms with E-state index in [0.29, 0.717) is 28.9 Å². The Morgan fingerprint density at radius 3 is 2.69 bits per heavy atom. The van der Waals surface area contributed by atoms with Crippen molar-refractivity contribution in [2.45, 2.75) is 19.9 Å². The van der Waals surface area contributed by atoms with Crippen molar-refractivity contribution in [1.82, 2.24) is 20.2 Å². The van der Waals surface area contributed by atoms with Gasteiger partial charge in [0.15, 0.2) is 0 Å². The highest BCUT2D eigenvalue weighted by molar-refractivity contribution is 6.35. The van der Waals surface area contributed by atoms with Crippen molar-refractivity contribution >= 4 is 39.6 Å². The van der Waals surface area contributed by atoms with Crippen LogP contribution in [0.2, 0.25) is 5.02 Å². The predicted molar refractivity (Wildman–Crippen MR) is 142 cm³/mol. The Morgan fingerprint density at radius 2 is 1.89 bits per heavy atom. The van der Waals surface area contributed by atoms with Gasteiger partial charge in [-0.3, -0.25) is 14.9 Å². The number of piperazine rings is 1. The zero-order valence-corrected chi connectivity index (χ0v) is 20.9. The van der Waals surface area contributed by atoms with Gasteiger partial charge in [0.2, 0.25) is 0 Å². The second-order valence-corrected chi connectivity index (χ2v) is 9.73. The Bertz CT molecular complexity index is 1280. The van der Waals surface area contributed by atoms with E-state index in [0.717, 1.165) is 67.3 Å². The number of fused-ring (bicyclic) bond motifs is 1. The molecule has 5 rings (SSSR count). The van der Waals surface area contributed by atoms with E-state index in [1.807, 2.05) is 24.4 Å². The fraction of sp³-hybridized carbons (Fsp3) is 0.370. The topological polar surface area (TPSA) is 56.6 Å². The first-order chi connectivity index (χ1) is 17.0. The third kappa shape index (κ3) is 5.37. The largest absolute Gasteiger partial charge is 0.368 e. The lowest BCUT2D eigenvalue weighted by Gasteiger charge is -2.36. The van der Waals surface area contributed by atoms with Gasteiger partial charge in [-0.2, -0.15) is 0 Å². The van der Waals surface area contributed by atoms with Gasteiger partial charge in [0.25, 0.3) is 0 Å². The summed E-state index contributed by atoms with van der Waals surface area (Å²) in [6, 6.07) is 11.1. The first-order valence-electron chi connectivity index (χ1n) is 12.2. The van der Waals surface area contributed by atoms with E-state index in [1.54, 1.807) is 12.1 Å². The number of allylic oxidation sites excluding steroid dienone is 1. The number of halogens is 2. The molecular weight excluding hydrogens is 463 g/mol. The Hall–Kier alpha value is -2.87. The number of rotatable bonds is 7. The minimum Gasteiger partial charge on any atom is -0.368 e. The fourth-order valence-electron chi connectivity index (χ4n) is 4.61. The third-order valence-electron chi connectivity index (χ3n) is 6.50. The molecule has 6 nitrogen and oxygen atoms in total. The van der Waals surface area contributed by atoms with Gasteiger partial charge in [-0.25, -0.2) is 9.37 Å². The van der Waals surface area contributed by atoms with E-state index in [9.17, 15) is 4.39 Å². The lowest BCUT2D eigenvalue weighted by Crippen LogP contribution is -2.48. The van der Waals surface area contributed by atoms with E-state index in [4.69, 9.17) is 16.6 Å². The summed E-state index contributed by atoms with van der Waals surface area (Å²) in [7, 11) is 0. The number of benzene rings is 1. The van der Waals surface area contributed by atoms with Gasteiger partial charge in [-0.05, 0) is 36.4 Å². The van der Waals surface area contributed by atoms with Crippen molar-refractivity contribution in [3.63, 3.8) is 0 Å². The number of anilines is 1. The normalized spacial score (nSPS) is 16.8. The van der Waals surface area contributed by atoms with Crippen molar-refractivity contribution in [1.29, 1.82) is 0 Å². The number of aliphatic imine (C=N–C) groups is 1. The highest BCUT2D eigenvalue weighted by Crippen LogP contribution is 2.28. The van der Waals surface area contributed by atoms with Gasteiger partial charge in [-0.15, -0.1) is 0 Å². The molecule has 2 aliphatic rings. The van der Waals surface area contributed by atoms with Crippen LogP contribution in [0.1, 0.15) is 25.1 Å². The number of hydrogen-bond donors (Lipinski definition) is 1. The maximum Gasteiger partial charge on any atom is 0.132 e. The van der Waals surface area contributed by atoms with E-state index >= 15 is 0 Å². The SMILES string of the molecule is CC(C)NCCN1CCN(c2cnc3ccc(C4=CCN=C4c4cc(Cl)ccc4F)nc3c2)CC1. The van der Waals surface area contributed by atoms with E-state index in [1.165, 1.54) is 6.07 Å². The standard InChI is InChI=1S/C27H30ClFN6/c1-18(2)30-9-10-34-11-13-35(14-12-34)20-16-26-25(32-17-20)6-5-24(33-26)21-7-8-31-27(21)22-15-19(28)3-4-23(22)29/h3-7,15-18,30H,8-14H2,1-2H3. The predicted octanol–water partition coefficient (Wildman–Crippen LogP) is 4.43. The van der Waals surface area contributed by atoms with Crippen LogP contribution in [-0.2, 0) is 0 Å². The lowest BCUT2D eigenvalue weighted by molar-refractivity contribution is 0.255. The fourth-order valence-corrected chi connectivity index (χ4v) is 4.78. The molecule has 182 valence electrons. The molecule has 2 aromatic heterocycles. The summed E-state index contributed by atoms with van der Waals surface area (Å²) in [5, 5.41) is 3.97. The molecule has 1 aromatic carbocycles. The number of hydrogen-bond acceptors (Lipinski definition) is 6. The second kappa shape index (κ2) is 10.4. The summed E-state index contributed by atoms with van der Waals surface area (Å²) in [6.07, 6.45) is 3.91. The van der Waals surface area contributed by atoms with Crippen LogP contribution in [0.3, 0.4) is 0 Å². The quantitative estimate of drug-likeness (QED) is 0.529. The third-order valence-corrected chi connectivity index (χ3v) is 6.74. The second-order valence-electron chi connectivity index (χ2n) is 9.30. The first kappa shape index (κ1) is 23.9. The molecule has 0 bridgehead atoms. The molecule has 0 atom stereocenters. The molecule has 0 amide bonds. The van der Waals surface area contributed by atoms with Crippen LogP contribution >= 0.6 is 11.6 Å². The average Bonchev–Trinajstić information content (AvgIpc) is 3.35. The monoisotopic (exact) mass is 492 g/mol. The van der Waals surface area contributed by atoms with Crippen LogP contribution in [-0.4, -0.2) is 72.4 Å². The van der Waals surface area contributed by atoms with Crippen molar-refractivity contribution in [2.75, 3.05) is 50.7 Å². The Labute approximate surface area is 210 Å². The molecule has 0 radical (unpaired) electrons. The van der Waals surface area contributed by atoms with Gasteiger partial charge in [0.1, 0.15) is 5.82 Å². The molecule has 2 aliphatic heterocycles. The molecule has 8 heteroatoms. The van der Waals surface area contributed by atoms with Gasteiger partial charge in [-0.1, -0.05) is 31.5 Å². The van der Waals surface area contributed by atoms with Crippen molar-refractivity contribution in [3.05, 3.63) is 70.8 Å². The zero-order chi connectivity index (χ0) is 24.4. The molecule has 0 spiro atoms. The van der Waals surface area contributed by atoms with Gasteiger partial charge >= 0.3 is 0 Å². The van der Waals surface area contributed by atoms with Crippen molar-refractivity contribution < 1.29 is 4.39 Å². The first-order valence-corrected chi connectivity index (χ1v) is 12.5. The molecule has 1 saturated heterocycles. The summed E-state index contributed by atoms with van der Waals surface area (Å²) in [5.74, 6) is -0.343. The Morgan fingerprint density at radius 1 is 1.06 bits per heavy atom. The van der Waals surface area contributed by atoms with Crippen LogP contribution in [0.25, 0.3) is 16.6 Å². The highest BCUT2D eigenvalue weighted by Gasteiger charge is 2.22. The number of aromatic nitrogens is 2. The maximum atomic E-state index is 14.5. The molecule has 0 saturated carbocycles. The molecule has 0 aliphatic carbocycles. The number of pyridine rings is 2. The smallest absolute Gasteiger partial charge is 0.132 e. The average molecular weight is 493 g/mol. The Balaban J connectivity index is 1.33. The van der Waals surface area contributed by atoms with Crippen LogP contribution in [0.5, 0.6) is 0 Å². The van der Waals surface area contributed by atoms with E-state index in [-0.39, 0.29) is 5.82 Å². The highest BCUT2D eigenvalue weighted by atomic mass is 35.5. The molecule has 4 heterocycles. The molecule has 1 fully saturated rings. The van der Waals surface area contributed by atoms with Crippen LogP contribution in [0.4, 0.5) is 10.1 Å². The molecule has 0 unspecified atom stereocenters. The summed E-state index contributed by atoms with van der Waals surface area (Å²) >= 11 is 6.13. The minimum absolute atomic E-state index is 0.343. The van der Waals surface area contributed by atoms with Crippen LogP contribution in [0, 0.1) is 5.82 Å². The Kier molecular flexibility index (Phi) is 7.09. The minimum atomic E-state index is -0.343. The van der Waals surface area contributed by atoms with Gasteiger partial charge in [0, 0.05) is 61.5 Å². The zero-order valence-electron chi connectivity index (χ0n) is 20.1. The van der Waals surface area contributed by atoms with Crippen molar-refractivity contribution in [3.8, 4) is 0 Å². The van der Waals surface area contributed by atoms with Crippen LogP contribution in [0.15, 0.2) is 53.7 Å². The summed E-state index contributed by atoms with van der Waals surface area (Å²) < 4.78 is 14.5. The van der Waals surface area contributed by atoms with E-state index < -0.39 is 0 Å². The van der Waals surface area contributed by atoms with E-state index in [2.05, 4.69) is 45.0 Å². The van der Waals surface area contributed by atoms with Gasteiger partial charge in [0.05, 0.1) is 40.9 Å². The van der Waals surface area contributed by atoms with Crippen molar-refractivity contribution in [2.24, 2.45) is 4.99 Å². The molecular formula is C27H30ClFN6. The summed E-state index contributed by atoms with van der Waals surface area (Å²) in [5.41, 5.74) is 5.30. The summed E-state index contributed by atoms with van der Waals surface area (Å²) in [6.45, 7) is 10.9. The maximum absolute atomic E-state index is 14.5. The molecule has 35 heavy (non-hydrogen) atoms. The summed E-state index contributed by atoms with van der Waals surface area (Å²) in [4.78, 5) is 19.0.